The molecular weight excluding hydrogens is 701 g/mol. The van der Waals surface area contributed by atoms with Gasteiger partial charge in [0.2, 0.25) is 0 Å². The van der Waals surface area contributed by atoms with E-state index >= 15 is 0 Å². The fourth-order valence-electron chi connectivity index (χ4n) is 6.32. The van der Waals surface area contributed by atoms with E-state index in [9.17, 15) is 24.1 Å². The largest absolute Gasteiger partial charge is 0.508 e. The summed E-state index contributed by atoms with van der Waals surface area (Å²) in [5.74, 6) is -0.902. The number of hydrogen-bond acceptors (Lipinski definition) is 8. The van der Waals surface area contributed by atoms with Gasteiger partial charge in [-0.25, -0.2) is 9.59 Å². The van der Waals surface area contributed by atoms with Crippen LogP contribution in [0.25, 0.3) is 21.9 Å². The van der Waals surface area contributed by atoms with Crippen molar-refractivity contribution in [3.63, 3.8) is 0 Å². The molecule has 1 heterocycles. The van der Waals surface area contributed by atoms with Gasteiger partial charge in [0.05, 0.1) is 21.7 Å². The van der Waals surface area contributed by atoms with E-state index in [1.807, 2.05) is 37.3 Å². The second-order valence-corrected chi connectivity index (χ2v) is 15.0. The lowest BCUT2D eigenvalue weighted by Crippen LogP contribution is -2.27. The van der Waals surface area contributed by atoms with Crippen molar-refractivity contribution in [3.8, 4) is 34.1 Å². The molecule has 0 aliphatic carbocycles. The molecule has 1 aliphatic rings. The molecule has 8 rings (SSSR count). The zero-order chi connectivity index (χ0) is 37.4. The molecular formula is C44H30NO8P. The number of anilines is 1. The van der Waals surface area contributed by atoms with Gasteiger partial charge in [0.1, 0.15) is 23.0 Å². The number of para-hydroxylation sites is 1. The maximum absolute atomic E-state index is 14.9. The van der Waals surface area contributed by atoms with Gasteiger partial charge in [-0.1, -0.05) is 60.7 Å². The third kappa shape index (κ3) is 6.60. The van der Waals surface area contributed by atoms with Gasteiger partial charge in [0.15, 0.2) is 0 Å². The Hall–Kier alpha value is -6.96. The summed E-state index contributed by atoms with van der Waals surface area (Å²) in [4.78, 5) is 39.6. The van der Waals surface area contributed by atoms with Crippen molar-refractivity contribution in [2.75, 3.05) is 5.32 Å². The van der Waals surface area contributed by atoms with Gasteiger partial charge in [-0.3, -0.25) is 9.36 Å². The van der Waals surface area contributed by atoms with Crippen molar-refractivity contribution in [3.05, 3.63) is 174 Å². The number of aryl methyl sites for hydroxylation is 1. The minimum Gasteiger partial charge on any atom is -0.508 e. The highest BCUT2D eigenvalue weighted by molar-refractivity contribution is 7.75. The molecule has 1 unspecified atom stereocenters. The molecule has 9 nitrogen and oxygen atoms in total. The van der Waals surface area contributed by atoms with Gasteiger partial charge < -0.3 is 24.4 Å². The Balaban J connectivity index is 0.970. The Kier molecular flexibility index (Phi) is 8.77. The number of rotatable bonds is 7. The van der Waals surface area contributed by atoms with E-state index in [-0.39, 0.29) is 39.6 Å². The quantitative estimate of drug-likeness (QED) is 0.0946. The van der Waals surface area contributed by atoms with Crippen LogP contribution in [0.5, 0.6) is 23.0 Å². The number of aromatic hydroxyl groups is 1. The Morgan fingerprint density at radius 3 is 2.09 bits per heavy atom. The number of phenolic OH excluding ortho intramolecular Hbond substituents is 1. The summed E-state index contributed by atoms with van der Waals surface area (Å²) in [7, 11) is -3.78. The van der Waals surface area contributed by atoms with Gasteiger partial charge in [-0.2, -0.15) is 0 Å². The van der Waals surface area contributed by atoms with Crippen molar-refractivity contribution in [1.29, 1.82) is 0 Å². The summed E-state index contributed by atoms with van der Waals surface area (Å²) in [5, 5.41) is 14.9. The van der Waals surface area contributed by atoms with Gasteiger partial charge in [0.25, 0.3) is 5.91 Å². The molecule has 0 spiro atoms. The zero-order valence-electron chi connectivity index (χ0n) is 28.7. The van der Waals surface area contributed by atoms with Crippen molar-refractivity contribution in [2.24, 2.45) is 0 Å². The number of esters is 2. The maximum Gasteiger partial charge on any atom is 0.343 e. The minimum atomic E-state index is -3.78. The summed E-state index contributed by atoms with van der Waals surface area (Å²) in [6.07, 6.45) is 0. The topological polar surface area (TPSA) is 128 Å². The lowest BCUT2D eigenvalue weighted by Gasteiger charge is -2.29. The molecule has 0 fully saturated rings. The Labute approximate surface area is 309 Å². The van der Waals surface area contributed by atoms with E-state index in [4.69, 9.17) is 14.0 Å². The highest BCUT2D eigenvalue weighted by atomic mass is 31.2. The number of ether oxygens (including phenoxy) is 2. The molecule has 264 valence electrons. The first-order valence-corrected chi connectivity index (χ1v) is 18.6. The molecule has 7 aromatic rings. The molecule has 7 aromatic carbocycles. The van der Waals surface area contributed by atoms with Crippen molar-refractivity contribution in [1.82, 2.24) is 0 Å². The summed E-state index contributed by atoms with van der Waals surface area (Å²) in [5.41, 5.74) is 3.49. The van der Waals surface area contributed by atoms with Crippen molar-refractivity contribution in [2.45, 2.75) is 6.92 Å². The Bertz CT molecular complexity index is 2690. The Morgan fingerprint density at radius 2 is 1.30 bits per heavy atom. The summed E-state index contributed by atoms with van der Waals surface area (Å²) in [6.45, 7) is 1.85. The minimum absolute atomic E-state index is 0.0733. The molecule has 0 bridgehead atoms. The van der Waals surface area contributed by atoms with Crippen LogP contribution in [-0.4, -0.2) is 23.0 Å². The summed E-state index contributed by atoms with van der Waals surface area (Å²) in [6, 6.07) is 42.0. The number of fused-ring (bicyclic) bond motifs is 4. The monoisotopic (exact) mass is 731 g/mol. The zero-order valence-corrected chi connectivity index (χ0v) is 29.6. The SMILES string of the molecule is Cc1ccc(OC(=O)c2cccc(C(=O)Oc3ccc(NC(=O)c4ccc5cc(O)ccc5c4)cc3)c2)c(P2(=O)Oc3ccccc3-c3ccccc32)c1. The average molecular weight is 732 g/mol. The number of hydrogen-bond donors (Lipinski definition) is 2. The number of amides is 1. The van der Waals surface area contributed by atoms with Crippen molar-refractivity contribution < 1.29 is 38.1 Å². The molecule has 0 saturated heterocycles. The van der Waals surface area contributed by atoms with Gasteiger partial charge >= 0.3 is 19.3 Å². The lowest BCUT2D eigenvalue weighted by molar-refractivity contribution is 0.0734. The van der Waals surface area contributed by atoms with Crippen LogP contribution < -0.4 is 29.9 Å². The van der Waals surface area contributed by atoms with Crippen LogP contribution in [0.4, 0.5) is 5.69 Å². The van der Waals surface area contributed by atoms with E-state index in [0.717, 1.165) is 27.5 Å². The predicted octanol–water partition coefficient (Wildman–Crippen LogP) is 8.83. The maximum atomic E-state index is 14.9. The van der Waals surface area contributed by atoms with Crippen LogP contribution in [0.3, 0.4) is 0 Å². The first-order valence-electron chi connectivity index (χ1n) is 16.9. The first-order chi connectivity index (χ1) is 26.1. The standard InChI is InChI=1S/C44H30NO8P/c1-27-13-22-39(41(23-27)54(50)40-12-5-3-10-37(40)36-9-2-4-11-38(36)53-54)52-44(49)32-8-6-7-31(25-32)43(48)51-35-20-17-33(18-21-35)45-42(47)30-15-14-29-26-34(46)19-16-28(29)24-30/h2-26,46H,1H3,(H,45,47). The highest BCUT2D eigenvalue weighted by Gasteiger charge is 2.40. The van der Waals surface area contributed by atoms with Crippen LogP contribution >= 0.6 is 7.37 Å². The highest BCUT2D eigenvalue weighted by Crippen LogP contribution is 2.55. The number of phenols is 1. The molecule has 1 aliphatic heterocycles. The van der Waals surface area contributed by atoms with Gasteiger partial charge in [-0.05, 0) is 120 Å². The molecule has 0 aromatic heterocycles. The number of benzene rings is 7. The Morgan fingerprint density at radius 1 is 0.611 bits per heavy atom. The second kappa shape index (κ2) is 13.9. The molecule has 0 saturated carbocycles. The average Bonchev–Trinajstić information content (AvgIpc) is 3.19. The molecule has 2 N–H and O–H groups in total. The van der Waals surface area contributed by atoms with Crippen LogP contribution in [0, 0.1) is 6.92 Å². The first kappa shape index (κ1) is 34.1. The smallest absolute Gasteiger partial charge is 0.343 e. The fraction of sp³-hybridized carbons (Fsp3) is 0.0227. The lowest BCUT2D eigenvalue weighted by atomic mass is 10.0. The second-order valence-electron chi connectivity index (χ2n) is 12.7. The van der Waals surface area contributed by atoms with Crippen molar-refractivity contribution >= 4 is 52.3 Å². The van der Waals surface area contributed by atoms with E-state index < -0.39 is 19.3 Å². The molecule has 0 radical (unpaired) electrons. The third-order valence-electron chi connectivity index (χ3n) is 9.00. The van der Waals surface area contributed by atoms with E-state index in [1.54, 1.807) is 97.1 Å². The third-order valence-corrected chi connectivity index (χ3v) is 11.5. The van der Waals surface area contributed by atoms with E-state index in [2.05, 4.69) is 5.32 Å². The van der Waals surface area contributed by atoms with Crippen LogP contribution in [0.2, 0.25) is 0 Å². The van der Waals surface area contributed by atoms with Crippen LogP contribution in [0.15, 0.2) is 152 Å². The molecule has 1 amide bonds. The van der Waals surface area contributed by atoms with Crippen LogP contribution in [0.1, 0.15) is 36.6 Å². The molecule has 54 heavy (non-hydrogen) atoms. The number of carbonyl (C=O) groups excluding carboxylic acids is 3. The predicted molar refractivity (Wildman–Crippen MR) is 207 cm³/mol. The van der Waals surface area contributed by atoms with Gasteiger partial charge in [0, 0.05) is 16.8 Å². The summed E-state index contributed by atoms with van der Waals surface area (Å²) < 4.78 is 32.6. The number of nitrogens with one attached hydrogen (secondary N) is 1. The molecule has 10 heteroatoms. The fourth-order valence-corrected chi connectivity index (χ4v) is 8.79. The van der Waals surface area contributed by atoms with Crippen LogP contribution in [-0.2, 0) is 4.57 Å². The summed E-state index contributed by atoms with van der Waals surface area (Å²) >= 11 is 0. The van der Waals surface area contributed by atoms with E-state index in [0.29, 0.717) is 22.3 Å². The number of carbonyl (C=O) groups is 3. The normalized spacial score (nSPS) is 14.2. The van der Waals surface area contributed by atoms with E-state index in [1.165, 1.54) is 24.3 Å². The van der Waals surface area contributed by atoms with Gasteiger partial charge in [-0.15, -0.1) is 0 Å². The molecule has 1 atom stereocenters.